The van der Waals surface area contributed by atoms with E-state index in [1.807, 2.05) is 44.2 Å². The summed E-state index contributed by atoms with van der Waals surface area (Å²) >= 11 is 0. The lowest BCUT2D eigenvalue weighted by molar-refractivity contribution is -0.152. The molecule has 1 rings (SSSR count). The third-order valence-corrected chi connectivity index (χ3v) is 3.51. The summed E-state index contributed by atoms with van der Waals surface area (Å²) in [6, 6.07) is 8.21. The molecule has 122 valence electrons. The fraction of sp³-hybridized carbons (Fsp3) is 0.529. The van der Waals surface area contributed by atoms with E-state index < -0.39 is 18.1 Å². The van der Waals surface area contributed by atoms with Crippen LogP contribution in [-0.2, 0) is 20.9 Å². The van der Waals surface area contributed by atoms with E-state index in [1.54, 1.807) is 0 Å². The lowest BCUT2D eigenvalue weighted by atomic mass is 10.0. The Morgan fingerprint density at radius 1 is 1.23 bits per heavy atom. The highest BCUT2D eigenvalue weighted by molar-refractivity contribution is 5.85. The van der Waals surface area contributed by atoms with Crippen molar-refractivity contribution in [3.8, 4) is 0 Å². The van der Waals surface area contributed by atoms with Crippen LogP contribution in [0.5, 0.6) is 0 Å². The second kappa shape index (κ2) is 9.20. The largest absolute Gasteiger partial charge is 0.459 e. The molecule has 22 heavy (non-hydrogen) atoms. The minimum atomic E-state index is -1.04. The molecule has 3 atom stereocenters. The minimum Gasteiger partial charge on any atom is -0.459 e. The van der Waals surface area contributed by atoms with Crippen molar-refractivity contribution in [2.45, 2.75) is 52.4 Å². The average molecular weight is 307 g/mol. The van der Waals surface area contributed by atoms with E-state index in [0.717, 1.165) is 12.0 Å². The summed E-state index contributed by atoms with van der Waals surface area (Å²) in [6.07, 6.45) is 0.195. The van der Waals surface area contributed by atoms with Gasteiger partial charge in [-0.05, 0) is 18.4 Å². The number of hydrogen-bond donors (Lipinski definition) is 2. The zero-order valence-corrected chi connectivity index (χ0v) is 13.4. The van der Waals surface area contributed by atoms with Crippen molar-refractivity contribution in [3.63, 3.8) is 0 Å². The molecule has 0 fully saturated rings. The van der Waals surface area contributed by atoms with Gasteiger partial charge in [-0.25, -0.2) is 4.79 Å². The molecule has 0 saturated carbocycles. The molecule has 0 spiro atoms. The Balaban J connectivity index is 2.54. The van der Waals surface area contributed by atoms with Crippen LogP contribution in [0.3, 0.4) is 0 Å². The molecule has 5 nitrogen and oxygen atoms in total. The zero-order chi connectivity index (χ0) is 16.5. The monoisotopic (exact) mass is 307 g/mol. The molecule has 0 heterocycles. The fourth-order valence-corrected chi connectivity index (χ4v) is 1.89. The summed E-state index contributed by atoms with van der Waals surface area (Å²) in [5.41, 5.74) is 0.853. The molecule has 2 unspecified atom stereocenters. The summed E-state index contributed by atoms with van der Waals surface area (Å²) in [7, 11) is 0. The Hall–Kier alpha value is -1.88. The van der Waals surface area contributed by atoms with Crippen molar-refractivity contribution in [1.82, 2.24) is 5.32 Å². The number of ether oxygens (including phenoxy) is 1. The third kappa shape index (κ3) is 6.26. The number of nitrogens with one attached hydrogen (secondary N) is 1. The molecule has 1 aromatic carbocycles. The second-order valence-corrected chi connectivity index (χ2v) is 5.60. The lowest BCUT2D eigenvalue weighted by Crippen LogP contribution is -2.48. The Labute approximate surface area is 131 Å². The molecule has 5 heteroatoms. The van der Waals surface area contributed by atoms with E-state index in [1.165, 1.54) is 6.92 Å². The molecule has 0 saturated heterocycles. The maximum absolute atomic E-state index is 12.1. The van der Waals surface area contributed by atoms with Crippen LogP contribution in [0.25, 0.3) is 0 Å². The van der Waals surface area contributed by atoms with Gasteiger partial charge in [0.15, 0.2) is 6.04 Å². The Morgan fingerprint density at radius 2 is 1.86 bits per heavy atom. The Morgan fingerprint density at radius 3 is 2.41 bits per heavy atom. The van der Waals surface area contributed by atoms with Crippen molar-refractivity contribution in [2.75, 3.05) is 0 Å². The van der Waals surface area contributed by atoms with Crippen LogP contribution in [-0.4, -0.2) is 29.1 Å². The van der Waals surface area contributed by atoms with Crippen molar-refractivity contribution < 1.29 is 19.4 Å². The van der Waals surface area contributed by atoms with Crippen LogP contribution in [0.1, 0.15) is 39.2 Å². The Kier molecular flexibility index (Phi) is 7.60. The molecule has 2 N–H and O–H groups in total. The van der Waals surface area contributed by atoms with Crippen molar-refractivity contribution in [2.24, 2.45) is 5.92 Å². The average Bonchev–Trinajstić information content (AvgIpc) is 2.50. The van der Waals surface area contributed by atoms with Gasteiger partial charge in [0.25, 0.3) is 0 Å². The van der Waals surface area contributed by atoms with Crippen LogP contribution in [0, 0.1) is 5.92 Å². The Bertz CT molecular complexity index is 473. The number of amides is 1. The number of rotatable bonds is 8. The first-order valence-electron chi connectivity index (χ1n) is 7.62. The summed E-state index contributed by atoms with van der Waals surface area (Å²) in [4.78, 5) is 23.9. The molecule has 1 amide bonds. The maximum atomic E-state index is 12.1. The highest BCUT2D eigenvalue weighted by Gasteiger charge is 2.27. The predicted octanol–water partition coefficient (Wildman–Crippen LogP) is 2.03. The first kappa shape index (κ1) is 18.2. The summed E-state index contributed by atoms with van der Waals surface area (Å²) in [5.74, 6) is -0.650. The first-order chi connectivity index (χ1) is 10.4. The maximum Gasteiger partial charge on any atom is 0.331 e. The van der Waals surface area contributed by atoms with E-state index in [-0.39, 0.29) is 18.4 Å². The molecule has 0 aromatic heterocycles. The van der Waals surface area contributed by atoms with Gasteiger partial charge in [0, 0.05) is 6.42 Å². The molecule has 0 aliphatic rings. The minimum absolute atomic E-state index is 0.115. The van der Waals surface area contributed by atoms with Gasteiger partial charge in [-0.3, -0.25) is 4.79 Å². The van der Waals surface area contributed by atoms with Crippen LogP contribution in [0.2, 0.25) is 0 Å². The van der Waals surface area contributed by atoms with E-state index in [9.17, 15) is 14.7 Å². The highest BCUT2D eigenvalue weighted by atomic mass is 16.5. The van der Waals surface area contributed by atoms with Gasteiger partial charge in [0.1, 0.15) is 6.61 Å². The molecule has 0 bridgehead atoms. The second-order valence-electron chi connectivity index (χ2n) is 5.60. The number of aliphatic hydroxyl groups is 1. The van der Waals surface area contributed by atoms with Crippen LogP contribution in [0.15, 0.2) is 30.3 Å². The first-order valence-corrected chi connectivity index (χ1v) is 7.62. The molecule has 1 aromatic rings. The van der Waals surface area contributed by atoms with Crippen molar-refractivity contribution >= 4 is 11.9 Å². The van der Waals surface area contributed by atoms with Gasteiger partial charge in [-0.2, -0.15) is 0 Å². The number of aliphatic hydroxyl groups excluding tert-OH is 1. The van der Waals surface area contributed by atoms with E-state index in [0.29, 0.717) is 6.42 Å². The SMILES string of the molecule is CC[C@H](C)CC(=O)NC(C(=O)OCc1ccccc1)C(C)O. The summed E-state index contributed by atoms with van der Waals surface area (Å²) in [5, 5.41) is 12.3. The molecule has 0 radical (unpaired) electrons. The van der Waals surface area contributed by atoms with E-state index in [4.69, 9.17) is 4.74 Å². The fourth-order valence-electron chi connectivity index (χ4n) is 1.89. The van der Waals surface area contributed by atoms with Crippen LogP contribution >= 0.6 is 0 Å². The number of carbonyl (C=O) groups is 2. The normalized spacial score (nSPS) is 14.7. The van der Waals surface area contributed by atoms with Crippen LogP contribution in [0.4, 0.5) is 0 Å². The van der Waals surface area contributed by atoms with Crippen molar-refractivity contribution in [1.29, 1.82) is 0 Å². The quantitative estimate of drug-likeness (QED) is 0.721. The van der Waals surface area contributed by atoms with Gasteiger partial charge in [0.05, 0.1) is 6.10 Å². The highest BCUT2D eigenvalue weighted by Crippen LogP contribution is 2.08. The van der Waals surface area contributed by atoms with Crippen LogP contribution < -0.4 is 5.32 Å². The third-order valence-electron chi connectivity index (χ3n) is 3.51. The zero-order valence-electron chi connectivity index (χ0n) is 13.4. The van der Waals surface area contributed by atoms with Crippen molar-refractivity contribution in [3.05, 3.63) is 35.9 Å². The topological polar surface area (TPSA) is 75.6 Å². The number of hydrogen-bond acceptors (Lipinski definition) is 4. The lowest BCUT2D eigenvalue weighted by Gasteiger charge is -2.21. The smallest absolute Gasteiger partial charge is 0.331 e. The molecule has 0 aliphatic heterocycles. The van der Waals surface area contributed by atoms with Gasteiger partial charge in [-0.15, -0.1) is 0 Å². The summed E-state index contributed by atoms with van der Waals surface area (Å²) < 4.78 is 5.17. The summed E-state index contributed by atoms with van der Waals surface area (Å²) in [6.45, 7) is 5.53. The molecular formula is C17H25NO4. The number of esters is 1. The molecule has 0 aliphatic carbocycles. The standard InChI is InChI=1S/C17H25NO4/c1-4-12(2)10-15(20)18-16(13(3)19)17(21)22-11-14-8-6-5-7-9-14/h5-9,12-13,16,19H,4,10-11H2,1-3H3,(H,18,20)/t12-,13?,16?/m0/s1. The number of benzene rings is 1. The van der Waals surface area contributed by atoms with Gasteiger partial charge >= 0.3 is 5.97 Å². The van der Waals surface area contributed by atoms with Gasteiger partial charge in [0.2, 0.25) is 5.91 Å². The van der Waals surface area contributed by atoms with E-state index >= 15 is 0 Å². The van der Waals surface area contributed by atoms with Gasteiger partial charge < -0.3 is 15.2 Å². The predicted molar refractivity (Wildman–Crippen MR) is 83.9 cm³/mol. The molecular weight excluding hydrogens is 282 g/mol. The van der Waals surface area contributed by atoms with E-state index in [2.05, 4.69) is 5.32 Å². The number of carbonyl (C=O) groups excluding carboxylic acids is 2. The van der Waals surface area contributed by atoms with Gasteiger partial charge in [-0.1, -0.05) is 50.6 Å².